The summed E-state index contributed by atoms with van der Waals surface area (Å²) >= 11 is 5.76. The quantitative estimate of drug-likeness (QED) is 0.758. The van der Waals surface area contributed by atoms with Gasteiger partial charge in [0.2, 0.25) is 0 Å². The van der Waals surface area contributed by atoms with Gasteiger partial charge in [-0.25, -0.2) is 0 Å². The van der Waals surface area contributed by atoms with Crippen LogP contribution in [0.4, 0.5) is 5.69 Å². The van der Waals surface area contributed by atoms with Crippen molar-refractivity contribution in [3.63, 3.8) is 0 Å². The van der Waals surface area contributed by atoms with E-state index in [-0.39, 0.29) is 0 Å². The molecule has 1 aromatic rings. The molecule has 0 aliphatic carbocycles. The van der Waals surface area contributed by atoms with Gasteiger partial charge in [-0.05, 0) is 35.4 Å². The van der Waals surface area contributed by atoms with Crippen molar-refractivity contribution in [2.45, 2.75) is 26.7 Å². The number of halogens is 1. The van der Waals surface area contributed by atoms with Gasteiger partial charge in [0, 0.05) is 18.1 Å². The summed E-state index contributed by atoms with van der Waals surface area (Å²) in [5.41, 5.74) is 4.46. The summed E-state index contributed by atoms with van der Waals surface area (Å²) in [5.74, 6) is 0.704. The smallest absolute Gasteiger partial charge is 0.0373 e. The Morgan fingerprint density at radius 1 is 1.40 bits per heavy atom. The van der Waals surface area contributed by atoms with Crippen LogP contribution in [-0.2, 0) is 12.8 Å². The molecule has 1 aliphatic rings. The first-order chi connectivity index (χ1) is 7.11. The Labute approximate surface area is 96.8 Å². The van der Waals surface area contributed by atoms with Crippen molar-refractivity contribution in [3.05, 3.63) is 29.3 Å². The molecule has 0 unspecified atom stereocenters. The number of hydrogen-bond acceptors (Lipinski definition) is 1. The van der Waals surface area contributed by atoms with E-state index in [0.717, 1.165) is 19.4 Å². The number of benzene rings is 1. The van der Waals surface area contributed by atoms with Crippen LogP contribution in [0.15, 0.2) is 18.2 Å². The fraction of sp³-hybridized carbons (Fsp3) is 0.538. The molecule has 2 heteroatoms. The maximum Gasteiger partial charge on any atom is 0.0373 e. The molecule has 2 rings (SSSR count). The zero-order valence-corrected chi connectivity index (χ0v) is 10.2. The standard InChI is InChI=1S/C13H18ClN/c1-13(2)8-11-7-10(5-6-14)3-4-12(11)15-9-13/h3-4,7,15H,5-6,8-9H2,1-2H3. The minimum Gasteiger partial charge on any atom is -0.384 e. The van der Waals surface area contributed by atoms with Gasteiger partial charge in [-0.2, -0.15) is 0 Å². The van der Waals surface area contributed by atoms with E-state index in [4.69, 9.17) is 11.6 Å². The Bertz CT molecular complexity index is 358. The summed E-state index contributed by atoms with van der Waals surface area (Å²) in [6.45, 7) is 5.67. The van der Waals surface area contributed by atoms with Crippen LogP contribution in [0.25, 0.3) is 0 Å². The molecule has 0 bridgehead atoms. The molecule has 0 saturated heterocycles. The summed E-state index contributed by atoms with van der Waals surface area (Å²) in [7, 11) is 0. The lowest BCUT2D eigenvalue weighted by atomic mass is 9.82. The first-order valence-electron chi connectivity index (χ1n) is 5.52. The highest BCUT2D eigenvalue weighted by Gasteiger charge is 2.24. The predicted molar refractivity (Wildman–Crippen MR) is 66.8 cm³/mol. The average Bonchev–Trinajstić information content (AvgIpc) is 2.16. The number of anilines is 1. The Kier molecular flexibility index (Phi) is 2.92. The highest BCUT2D eigenvalue weighted by atomic mass is 35.5. The summed E-state index contributed by atoms with van der Waals surface area (Å²) in [6, 6.07) is 6.66. The van der Waals surface area contributed by atoms with Crippen LogP contribution in [0.2, 0.25) is 0 Å². The average molecular weight is 224 g/mol. The minimum atomic E-state index is 0.368. The van der Waals surface area contributed by atoms with Crippen LogP contribution in [0, 0.1) is 5.41 Å². The van der Waals surface area contributed by atoms with Crippen molar-refractivity contribution in [1.82, 2.24) is 0 Å². The third-order valence-electron chi connectivity index (χ3n) is 2.98. The Morgan fingerprint density at radius 3 is 2.93 bits per heavy atom. The van der Waals surface area contributed by atoms with Crippen LogP contribution in [0.3, 0.4) is 0 Å². The molecule has 0 aromatic heterocycles. The zero-order chi connectivity index (χ0) is 10.9. The van der Waals surface area contributed by atoms with E-state index in [9.17, 15) is 0 Å². The topological polar surface area (TPSA) is 12.0 Å². The van der Waals surface area contributed by atoms with Crippen LogP contribution in [0.5, 0.6) is 0 Å². The van der Waals surface area contributed by atoms with Gasteiger partial charge in [0.15, 0.2) is 0 Å². The van der Waals surface area contributed by atoms with Gasteiger partial charge in [0.05, 0.1) is 0 Å². The molecule has 15 heavy (non-hydrogen) atoms. The number of rotatable bonds is 2. The fourth-order valence-corrected chi connectivity index (χ4v) is 2.36. The molecule has 1 heterocycles. The maximum absolute atomic E-state index is 5.76. The normalized spacial score (nSPS) is 18.1. The molecule has 82 valence electrons. The lowest BCUT2D eigenvalue weighted by Gasteiger charge is -2.32. The Balaban J connectivity index is 2.27. The lowest BCUT2D eigenvalue weighted by Crippen LogP contribution is -2.30. The number of alkyl halides is 1. The molecular formula is C13H18ClN. The van der Waals surface area contributed by atoms with E-state index in [0.29, 0.717) is 11.3 Å². The molecule has 0 fully saturated rings. The van der Waals surface area contributed by atoms with Crippen molar-refractivity contribution in [1.29, 1.82) is 0 Å². The highest BCUT2D eigenvalue weighted by Crippen LogP contribution is 2.32. The first kappa shape index (κ1) is 10.8. The molecular weight excluding hydrogens is 206 g/mol. The monoisotopic (exact) mass is 223 g/mol. The maximum atomic E-state index is 5.76. The lowest BCUT2D eigenvalue weighted by molar-refractivity contribution is 0.379. The summed E-state index contributed by atoms with van der Waals surface area (Å²) in [6.07, 6.45) is 2.13. The second-order valence-electron chi connectivity index (χ2n) is 5.13. The first-order valence-corrected chi connectivity index (χ1v) is 6.06. The molecule has 1 aromatic carbocycles. The number of aryl methyl sites for hydroxylation is 1. The van der Waals surface area contributed by atoms with Crippen LogP contribution < -0.4 is 5.32 Å². The minimum absolute atomic E-state index is 0.368. The second-order valence-corrected chi connectivity index (χ2v) is 5.50. The van der Waals surface area contributed by atoms with E-state index < -0.39 is 0 Å². The number of hydrogen-bond donors (Lipinski definition) is 1. The van der Waals surface area contributed by atoms with Gasteiger partial charge in [-0.1, -0.05) is 26.0 Å². The van der Waals surface area contributed by atoms with Gasteiger partial charge in [-0.15, -0.1) is 11.6 Å². The van der Waals surface area contributed by atoms with Crippen molar-refractivity contribution in [3.8, 4) is 0 Å². The molecule has 1 aliphatic heterocycles. The van der Waals surface area contributed by atoms with E-state index >= 15 is 0 Å². The predicted octanol–water partition coefficient (Wildman–Crippen LogP) is 3.46. The fourth-order valence-electron chi connectivity index (χ4n) is 2.14. The largest absolute Gasteiger partial charge is 0.384 e. The van der Waals surface area contributed by atoms with Crippen molar-refractivity contribution < 1.29 is 0 Å². The van der Waals surface area contributed by atoms with Gasteiger partial charge >= 0.3 is 0 Å². The Morgan fingerprint density at radius 2 is 2.20 bits per heavy atom. The highest BCUT2D eigenvalue weighted by molar-refractivity contribution is 6.17. The van der Waals surface area contributed by atoms with Gasteiger partial charge in [0.1, 0.15) is 0 Å². The van der Waals surface area contributed by atoms with E-state index in [2.05, 4.69) is 37.4 Å². The van der Waals surface area contributed by atoms with Gasteiger partial charge in [-0.3, -0.25) is 0 Å². The summed E-state index contributed by atoms with van der Waals surface area (Å²) in [5, 5.41) is 3.49. The van der Waals surface area contributed by atoms with Crippen LogP contribution in [0.1, 0.15) is 25.0 Å². The molecule has 0 amide bonds. The van der Waals surface area contributed by atoms with Crippen molar-refractivity contribution in [2.75, 3.05) is 17.7 Å². The molecule has 0 radical (unpaired) electrons. The van der Waals surface area contributed by atoms with E-state index in [1.54, 1.807) is 0 Å². The number of nitrogens with one attached hydrogen (secondary N) is 1. The van der Waals surface area contributed by atoms with Gasteiger partial charge < -0.3 is 5.32 Å². The molecule has 1 nitrogen and oxygen atoms in total. The van der Waals surface area contributed by atoms with Crippen molar-refractivity contribution in [2.24, 2.45) is 5.41 Å². The summed E-state index contributed by atoms with van der Waals surface area (Å²) < 4.78 is 0. The SMILES string of the molecule is CC1(C)CNc2ccc(CCCl)cc2C1. The van der Waals surface area contributed by atoms with E-state index in [1.165, 1.54) is 16.8 Å². The van der Waals surface area contributed by atoms with Gasteiger partial charge in [0.25, 0.3) is 0 Å². The van der Waals surface area contributed by atoms with E-state index in [1.807, 2.05) is 0 Å². The third-order valence-corrected chi connectivity index (χ3v) is 3.17. The van der Waals surface area contributed by atoms with Crippen molar-refractivity contribution >= 4 is 17.3 Å². The van der Waals surface area contributed by atoms with Crippen LogP contribution >= 0.6 is 11.6 Å². The summed E-state index contributed by atoms with van der Waals surface area (Å²) in [4.78, 5) is 0. The molecule has 1 N–H and O–H groups in total. The van der Waals surface area contributed by atoms with Crippen LogP contribution in [-0.4, -0.2) is 12.4 Å². The number of fused-ring (bicyclic) bond motifs is 1. The molecule has 0 saturated carbocycles. The second kappa shape index (κ2) is 4.05. The Hall–Kier alpha value is -0.690. The zero-order valence-electron chi connectivity index (χ0n) is 9.44. The molecule has 0 spiro atoms. The molecule has 0 atom stereocenters. The third kappa shape index (κ3) is 2.46.